The fraction of sp³-hybridized carbons (Fsp3) is 0.444. The first-order valence-electron chi connectivity index (χ1n) is 8.39. The highest BCUT2D eigenvalue weighted by molar-refractivity contribution is 5.75. The van der Waals surface area contributed by atoms with Crippen LogP contribution in [0.4, 0.5) is 5.69 Å². The number of anilines is 1. The number of aliphatic hydroxyl groups excluding tert-OH is 1. The Kier molecular flexibility index (Phi) is 5.15. The Balaban J connectivity index is 1.63. The second-order valence-electron chi connectivity index (χ2n) is 6.37. The molecule has 3 N–H and O–H groups in total. The molecule has 0 aliphatic heterocycles. The lowest BCUT2D eigenvalue weighted by atomic mass is 10.0. The highest BCUT2D eigenvalue weighted by atomic mass is 16.3. The van der Waals surface area contributed by atoms with Crippen LogP contribution in [0.25, 0.3) is 0 Å². The van der Waals surface area contributed by atoms with E-state index in [0.29, 0.717) is 5.92 Å². The number of aliphatic hydroxyl groups is 1. The third-order valence-electron chi connectivity index (χ3n) is 4.22. The van der Waals surface area contributed by atoms with Gasteiger partial charge in [-0.3, -0.25) is 9.48 Å². The van der Waals surface area contributed by atoms with Crippen molar-refractivity contribution < 1.29 is 9.90 Å². The van der Waals surface area contributed by atoms with Gasteiger partial charge in [-0.2, -0.15) is 5.10 Å². The van der Waals surface area contributed by atoms with Gasteiger partial charge < -0.3 is 15.7 Å². The number of nitrogens with zero attached hydrogens (tertiary/aromatic N) is 2. The maximum atomic E-state index is 11.7. The van der Waals surface area contributed by atoms with Gasteiger partial charge in [0, 0.05) is 12.7 Å². The Morgan fingerprint density at radius 2 is 2.12 bits per heavy atom. The van der Waals surface area contributed by atoms with E-state index in [0.717, 1.165) is 5.69 Å². The normalized spacial score (nSPS) is 15.1. The molecule has 3 rings (SSSR count). The zero-order valence-electron chi connectivity index (χ0n) is 13.9. The molecule has 1 fully saturated rings. The average Bonchev–Trinajstić information content (AvgIpc) is 3.33. The smallest absolute Gasteiger partial charge is 0.241 e. The van der Waals surface area contributed by atoms with Gasteiger partial charge in [-0.25, -0.2) is 0 Å². The topological polar surface area (TPSA) is 79.2 Å². The van der Waals surface area contributed by atoms with Gasteiger partial charge >= 0.3 is 0 Å². The molecular weight excluding hydrogens is 304 g/mol. The van der Waals surface area contributed by atoms with Crippen LogP contribution in [0.5, 0.6) is 0 Å². The summed E-state index contributed by atoms with van der Waals surface area (Å²) in [5, 5.41) is 19.1. The van der Waals surface area contributed by atoms with Crippen LogP contribution in [0.1, 0.15) is 30.0 Å². The molecule has 1 unspecified atom stereocenters. The number of hydrogen-bond donors (Lipinski definition) is 3. The van der Waals surface area contributed by atoms with E-state index in [1.54, 1.807) is 10.9 Å². The van der Waals surface area contributed by atoms with Crippen LogP contribution in [-0.4, -0.2) is 33.9 Å². The summed E-state index contributed by atoms with van der Waals surface area (Å²) in [7, 11) is 0. The first-order valence-corrected chi connectivity index (χ1v) is 8.39. The second-order valence-corrected chi connectivity index (χ2v) is 6.37. The number of hydrogen-bond acceptors (Lipinski definition) is 4. The average molecular weight is 328 g/mol. The summed E-state index contributed by atoms with van der Waals surface area (Å²) in [4.78, 5) is 11.7. The van der Waals surface area contributed by atoms with Crippen LogP contribution in [-0.2, 0) is 11.3 Å². The van der Waals surface area contributed by atoms with Gasteiger partial charge in [0.2, 0.25) is 5.91 Å². The number of aryl methyl sites for hydroxylation is 1. The summed E-state index contributed by atoms with van der Waals surface area (Å²) >= 11 is 0. The molecule has 1 amide bonds. The van der Waals surface area contributed by atoms with Crippen LogP contribution in [0, 0.1) is 12.8 Å². The zero-order valence-corrected chi connectivity index (χ0v) is 13.9. The first kappa shape index (κ1) is 16.5. The molecule has 24 heavy (non-hydrogen) atoms. The number of carbonyl (C=O) groups is 1. The van der Waals surface area contributed by atoms with Gasteiger partial charge in [-0.15, -0.1) is 0 Å². The van der Waals surface area contributed by atoms with Crippen molar-refractivity contribution in [2.45, 2.75) is 32.4 Å². The fourth-order valence-electron chi connectivity index (χ4n) is 2.78. The summed E-state index contributed by atoms with van der Waals surface area (Å²) < 4.78 is 1.61. The van der Waals surface area contributed by atoms with Crippen molar-refractivity contribution in [3.63, 3.8) is 0 Å². The Bertz CT molecular complexity index is 677. The lowest BCUT2D eigenvalue weighted by Gasteiger charge is -2.19. The minimum Gasteiger partial charge on any atom is -0.395 e. The lowest BCUT2D eigenvalue weighted by Crippen LogP contribution is -2.30. The molecule has 1 saturated carbocycles. The van der Waals surface area contributed by atoms with Gasteiger partial charge in [0.25, 0.3) is 0 Å². The third-order valence-corrected chi connectivity index (χ3v) is 4.22. The molecule has 1 heterocycles. The van der Waals surface area contributed by atoms with Gasteiger partial charge in [0.15, 0.2) is 0 Å². The van der Waals surface area contributed by atoms with Crippen LogP contribution in [0.3, 0.4) is 0 Å². The number of carbonyl (C=O) groups excluding carboxylic acids is 1. The van der Waals surface area contributed by atoms with Gasteiger partial charge in [0.1, 0.15) is 6.54 Å². The van der Waals surface area contributed by atoms with E-state index in [1.165, 1.54) is 24.0 Å². The van der Waals surface area contributed by atoms with E-state index < -0.39 is 0 Å². The third kappa shape index (κ3) is 4.35. The number of benzene rings is 1. The molecule has 1 aliphatic carbocycles. The maximum absolute atomic E-state index is 11.7. The quantitative estimate of drug-likeness (QED) is 0.691. The molecule has 0 bridgehead atoms. The van der Waals surface area contributed by atoms with E-state index in [9.17, 15) is 4.79 Å². The molecule has 1 aliphatic rings. The molecular formula is C18H24N4O2. The summed E-state index contributed by atoms with van der Waals surface area (Å²) in [6.45, 7) is 2.45. The van der Waals surface area contributed by atoms with Crippen molar-refractivity contribution in [1.29, 1.82) is 0 Å². The van der Waals surface area contributed by atoms with Crippen molar-refractivity contribution in [2.24, 2.45) is 5.92 Å². The van der Waals surface area contributed by atoms with Crippen LogP contribution in [0.15, 0.2) is 36.7 Å². The van der Waals surface area contributed by atoms with Crippen molar-refractivity contribution in [3.05, 3.63) is 47.8 Å². The molecule has 0 radical (unpaired) electrons. The highest BCUT2D eigenvalue weighted by Crippen LogP contribution is 2.42. The summed E-state index contributed by atoms with van der Waals surface area (Å²) in [5.41, 5.74) is 3.47. The SMILES string of the molecule is Cc1ccc(C(Nc2cnn(CC(=O)NCCO)c2)C2CC2)cc1. The first-order chi connectivity index (χ1) is 11.7. The van der Waals surface area contributed by atoms with Gasteiger partial charge in [-0.05, 0) is 31.2 Å². The Hall–Kier alpha value is -2.34. The zero-order chi connectivity index (χ0) is 16.9. The molecule has 1 aromatic carbocycles. The molecule has 128 valence electrons. The molecule has 6 heteroatoms. The van der Waals surface area contributed by atoms with Crippen molar-refractivity contribution in [1.82, 2.24) is 15.1 Å². The Morgan fingerprint density at radius 1 is 1.38 bits per heavy atom. The number of rotatable bonds is 8. The molecule has 0 spiro atoms. The van der Waals surface area contributed by atoms with Crippen LogP contribution >= 0.6 is 0 Å². The van der Waals surface area contributed by atoms with E-state index in [1.807, 2.05) is 6.20 Å². The summed E-state index contributed by atoms with van der Waals surface area (Å²) in [5.74, 6) is 0.500. The molecule has 1 aromatic heterocycles. The minimum absolute atomic E-state index is 0.0583. The van der Waals surface area contributed by atoms with Crippen molar-refractivity contribution >= 4 is 11.6 Å². The number of amides is 1. The predicted molar refractivity (Wildman–Crippen MR) is 92.6 cm³/mol. The van der Waals surface area contributed by atoms with Gasteiger partial charge in [-0.1, -0.05) is 29.8 Å². The summed E-state index contributed by atoms with van der Waals surface area (Å²) in [6.07, 6.45) is 6.08. The van der Waals surface area contributed by atoms with Gasteiger partial charge in [0.05, 0.1) is 24.5 Å². The van der Waals surface area contributed by atoms with E-state index in [4.69, 9.17) is 5.11 Å². The Labute approximate surface area is 141 Å². The van der Waals surface area contributed by atoms with Crippen LogP contribution in [0.2, 0.25) is 0 Å². The lowest BCUT2D eigenvalue weighted by molar-refractivity contribution is -0.122. The number of aromatic nitrogens is 2. The fourth-order valence-corrected chi connectivity index (χ4v) is 2.78. The van der Waals surface area contributed by atoms with E-state index in [2.05, 4.69) is 46.9 Å². The van der Waals surface area contributed by atoms with E-state index >= 15 is 0 Å². The Morgan fingerprint density at radius 3 is 2.79 bits per heavy atom. The molecule has 2 aromatic rings. The summed E-state index contributed by atoms with van der Waals surface area (Å²) in [6, 6.07) is 8.92. The molecule has 6 nitrogen and oxygen atoms in total. The predicted octanol–water partition coefficient (Wildman–Crippen LogP) is 1.86. The van der Waals surface area contributed by atoms with E-state index in [-0.39, 0.29) is 31.6 Å². The number of nitrogens with one attached hydrogen (secondary N) is 2. The monoisotopic (exact) mass is 328 g/mol. The largest absolute Gasteiger partial charge is 0.395 e. The molecule has 1 atom stereocenters. The van der Waals surface area contributed by atoms with Crippen molar-refractivity contribution in [2.75, 3.05) is 18.5 Å². The highest BCUT2D eigenvalue weighted by Gasteiger charge is 2.32. The maximum Gasteiger partial charge on any atom is 0.241 e. The van der Waals surface area contributed by atoms with Crippen LogP contribution < -0.4 is 10.6 Å². The molecule has 0 saturated heterocycles. The standard InChI is InChI=1S/C18H24N4O2/c1-13-2-4-14(5-3-13)18(15-6-7-15)21-16-10-20-22(11-16)12-17(24)19-8-9-23/h2-5,10-11,15,18,21,23H,6-9,12H2,1H3,(H,19,24). The van der Waals surface area contributed by atoms with Crippen molar-refractivity contribution in [3.8, 4) is 0 Å². The minimum atomic E-state index is -0.157. The second kappa shape index (κ2) is 7.49.